The van der Waals surface area contributed by atoms with Crippen LogP contribution in [-0.2, 0) is 0 Å². The predicted octanol–water partition coefficient (Wildman–Crippen LogP) is 4.48. The van der Waals surface area contributed by atoms with E-state index in [9.17, 15) is 9.90 Å². The standard InChI is InChI=1S/C19H13NO2/c21-19(22)13-6-5-7-14(12-13)20-17-10-3-1-8-15(17)16-9-2-4-11-18(16)20/h1-12H,(H,21,22). The zero-order valence-corrected chi connectivity index (χ0v) is 11.7. The van der Waals surface area contributed by atoms with Gasteiger partial charge in [0.25, 0.3) is 0 Å². The molecule has 0 unspecified atom stereocenters. The molecular formula is C19H13NO2. The lowest BCUT2D eigenvalue weighted by atomic mass is 10.2. The molecule has 0 saturated heterocycles. The first-order chi connectivity index (χ1) is 10.8. The summed E-state index contributed by atoms with van der Waals surface area (Å²) >= 11 is 0. The highest BCUT2D eigenvalue weighted by atomic mass is 16.4. The number of rotatable bonds is 2. The summed E-state index contributed by atoms with van der Waals surface area (Å²) in [5.74, 6) is -0.914. The van der Waals surface area contributed by atoms with Gasteiger partial charge in [-0.15, -0.1) is 0 Å². The molecule has 4 aromatic rings. The van der Waals surface area contributed by atoms with Gasteiger partial charge in [-0.3, -0.25) is 0 Å². The molecule has 1 N–H and O–H groups in total. The first kappa shape index (κ1) is 12.7. The van der Waals surface area contributed by atoms with Crippen molar-refractivity contribution in [2.24, 2.45) is 0 Å². The van der Waals surface area contributed by atoms with E-state index < -0.39 is 5.97 Å². The van der Waals surface area contributed by atoms with E-state index in [0.717, 1.165) is 16.7 Å². The Labute approximate surface area is 127 Å². The van der Waals surface area contributed by atoms with Crippen LogP contribution in [-0.4, -0.2) is 15.6 Å². The van der Waals surface area contributed by atoms with Crippen molar-refractivity contribution >= 4 is 27.8 Å². The van der Waals surface area contributed by atoms with Gasteiger partial charge in [-0.25, -0.2) is 4.79 Å². The number of nitrogens with zero attached hydrogens (tertiary/aromatic N) is 1. The van der Waals surface area contributed by atoms with Gasteiger partial charge in [0.05, 0.1) is 16.6 Å². The molecule has 0 spiro atoms. The van der Waals surface area contributed by atoms with Gasteiger partial charge in [0.15, 0.2) is 0 Å². The molecule has 3 aromatic carbocycles. The molecule has 22 heavy (non-hydrogen) atoms. The molecule has 3 heteroatoms. The van der Waals surface area contributed by atoms with Crippen molar-refractivity contribution in [3.05, 3.63) is 78.4 Å². The maximum absolute atomic E-state index is 11.2. The topological polar surface area (TPSA) is 42.2 Å². The number of carboxylic acids is 1. The summed E-state index contributed by atoms with van der Waals surface area (Å²) in [5, 5.41) is 11.6. The van der Waals surface area contributed by atoms with Gasteiger partial charge in [-0.05, 0) is 30.3 Å². The fourth-order valence-electron chi connectivity index (χ4n) is 2.98. The van der Waals surface area contributed by atoms with E-state index in [1.54, 1.807) is 18.2 Å². The second kappa shape index (κ2) is 4.74. The van der Waals surface area contributed by atoms with Gasteiger partial charge in [-0.1, -0.05) is 42.5 Å². The maximum Gasteiger partial charge on any atom is 0.335 e. The fraction of sp³-hybridized carbons (Fsp3) is 0. The zero-order valence-electron chi connectivity index (χ0n) is 11.7. The molecule has 0 radical (unpaired) electrons. The molecule has 0 aliphatic heterocycles. The Kier molecular flexibility index (Phi) is 2.73. The number of carboxylic acid groups (broad SMARTS) is 1. The Morgan fingerprint density at radius 3 is 1.95 bits per heavy atom. The highest BCUT2D eigenvalue weighted by molar-refractivity contribution is 6.09. The van der Waals surface area contributed by atoms with Crippen molar-refractivity contribution in [1.82, 2.24) is 4.57 Å². The number of carbonyl (C=O) groups is 1. The molecule has 1 heterocycles. The number of hydrogen-bond donors (Lipinski definition) is 1. The molecule has 0 fully saturated rings. The van der Waals surface area contributed by atoms with Crippen LogP contribution in [0.1, 0.15) is 10.4 Å². The van der Waals surface area contributed by atoms with Gasteiger partial charge in [0.1, 0.15) is 0 Å². The van der Waals surface area contributed by atoms with Crippen molar-refractivity contribution in [2.75, 3.05) is 0 Å². The van der Waals surface area contributed by atoms with Crippen molar-refractivity contribution in [2.45, 2.75) is 0 Å². The van der Waals surface area contributed by atoms with Gasteiger partial charge >= 0.3 is 5.97 Å². The second-order valence-electron chi connectivity index (χ2n) is 5.23. The van der Waals surface area contributed by atoms with Crippen LogP contribution in [0.4, 0.5) is 0 Å². The SMILES string of the molecule is O=C(O)c1cccc(-n2c3ccccc3c3ccccc32)c1. The average Bonchev–Trinajstić information content (AvgIpc) is 2.89. The molecule has 1 aromatic heterocycles. The van der Waals surface area contributed by atoms with E-state index in [0.29, 0.717) is 5.56 Å². The molecule has 0 saturated carbocycles. The van der Waals surface area contributed by atoms with Crippen LogP contribution in [0.15, 0.2) is 72.8 Å². The third kappa shape index (κ3) is 1.79. The van der Waals surface area contributed by atoms with Crippen LogP contribution in [0.2, 0.25) is 0 Å². The molecule has 0 atom stereocenters. The largest absolute Gasteiger partial charge is 0.478 e. The minimum Gasteiger partial charge on any atom is -0.478 e. The lowest BCUT2D eigenvalue weighted by molar-refractivity contribution is 0.0697. The predicted molar refractivity (Wildman–Crippen MR) is 87.7 cm³/mol. The van der Waals surface area contributed by atoms with Crippen molar-refractivity contribution < 1.29 is 9.90 Å². The Bertz CT molecular complexity index is 961. The number of hydrogen-bond acceptors (Lipinski definition) is 1. The van der Waals surface area contributed by atoms with E-state index >= 15 is 0 Å². The highest BCUT2D eigenvalue weighted by Crippen LogP contribution is 2.31. The van der Waals surface area contributed by atoms with Gasteiger partial charge in [0.2, 0.25) is 0 Å². The van der Waals surface area contributed by atoms with Crippen molar-refractivity contribution in [1.29, 1.82) is 0 Å². The molecular weight excluding hydrogens is 274 g/mol. The fourth-order valence-corrected chi connectivity index (χ4v) is 2.98. The van der Waals surface area contributed by atoms with Crippen LogP contribution < -0.4 is 0 Å². The minimum atomic E-state index is -0.914. The summed E-state index contributed by atoms with van der Waals surface area (Å²) in [6.07, 6.45) is 0. The van der Waals surface area contributed by atoms with E-state index in [1.165, 1.54) is 10.8 Å². The smallest absolute Gasteiger partial charge is 0.335 e. The van der Waals surface area contributed by atoms with Crippen LogP contribution in [0, 0.1) is 0 Å². The second-order valence-corrected chi connectivity index (χ2v) is 5.23. The van der Waals surface area contributed by atoms with E-state index in [2.05, 4.69) is 28.8 Å². The Morgan fingerprint density at radius 2 is 1.36 bits per heavy atom. The molecule has 0 aliphatic carbocycles. The van der Waals surface area contributed by atoms with Gasteiger partial charge in [0, 0.05) is 16.5 Å². The highest BCUT2D eigenvalue weighted by Gasteiger charge is 2.12. The Balaban J connectivity index is 2.13. The molecule has 0 bridgehead atoms. The summed E-state index contributed by atoms with van der Waals surface area (Å²) in [7, 11) is 0. The quantitative estimate of drug-likeness (QED) is 0.590. The lowest BCUT2D eigenvalue weighted by Crippen LogP contribution is -1.99. The lowest BCUT2D eigenvalue weighted by Gasteiger charge is -2.08. The van der Waals surface area contributed by atoms with Crippen LogP contribution in [0.25, 0.3) is 27.5 Å². The number of benzene rings is 3. The zero-order chi connectivity index (χ0) is 15.1. The van der Waals surface area contributed by atoms with E-state index in [1.807, 2.05) is 30.3 Å². The molecule has 106 valence electrons. The first-order valence-electron chi connectivity index (χ1n) is 7.07. The number of para-hydroxylation sites is 2. The average molecular weight is 287 g/mol. The molecule has 0 amide bonds. The normalized spacial score (nSPS) is 11.1. The summed E-state index contributed by atoms with van der Waals surface area (Å²) in [4.78, 5) is 11.2. The van der Waals surface area contributed by atoms with Crippen molar-refractivity contribution in [3.63, 3.8) is 0 Å². The summed E-state index contributed by atoms with van der Waals surface area (Å²) in [6, 6.07) is 23.4. The van der Waals surface area contributed by atoms with Gasteiger partial charge < -0.3 is 9.67 Å². The Morgan fingerprint density at radius 1 is 0.773 bits per heavy atom. The summed E-state index contributed by atoms with van der Waals surface area (Å²) < 4.78 is 2.11. The van der Waals surface area contributed by atoms with Crippen LogP contribution in [0.3, 0.4) is 0 Å². The van der Waals surface area contributed by atoms with E-state index in [-0.39, 0.29) is 0 Å². The molecule has 0 aliphatic rings. The third-order valence-corrected chi connectivity index (χ3v) is 3.93. The number of fused-ring (bicyclic) bond motifs is 3. The van der Waals surface area contributed by atoms with Crippen LogP contribution >= 0.6 is 0 Å². The van der Waals surface area contributed by atoms with Gasteiger partial charge in [-0.2, -0.15) is 0 Å². The van der Waals surface area contributed by atoms with Crippen LogP contribution in [0.5, 0.6) is 0 Å². The third-order valence-electron chi connectivity index (χ3n) is 3.93. The summed E-state index contributed by atoms with van der Waals surface area (Å²) in [5.41, 5.74) is 3.30. The molecule has 4 rings (SSSR count). The first-order valence-corrected chi connectivity index (χ1v) is 7.07. The van der Waals surface area contributed by atoms with E-state index in [4.69, 9.17) is 0 Å². The summed E-state index contributed by atoms with van der Waals surface area (Å²) in [6.45, 7) is 0. The monoisotopic (exact) mass is 287 g/mol. The molecule has 3 nitrogen and oxygen atoms in total. The number of aromatic carboxylic acids is 1. The number of aromatic nitrogens is 1. The minimum absolute atomic E-state index is 0.291. The maximum atomic E-state index is 11.2. The Hall–Kier alpha value is -3.07. The van der Waals surface area contributed by atoms with Crippen molar-refractivity contribution in [3.8, 4) is 5.69 Å².